The van der Waals surface area contributed by atoms with Gasteiger partial charge in [0.2, 0.25) is 15.9 Å². The third kappa shape index (κ3) is 4.91. The zero-order valence-electron chi connectivity index (χ0n) is 16.2. The first kappa shape index (κ1) is 20.4. The van der Waals surface area contributed by atoms with E-state index >= 15 is 0 Å². The maximum Gasteiger partial charge on any atom is 0.240 e. The number of ether oxygens (including phenoxy) is 1. The second-order valence-corrected chi connectivity index (χ2v) is 8.77. The van der Waals surface area contributed by atoms with E-state index in [9.17, 15) is 13.2 Å². The Labute approximate surface area is 166 Å². The number of benzene rings is 2. The molecule has 0 spiro atoms. The molecular formula is C21H26N2O4S. The van der Waals surface area contributed by atoms with E-state index in [4.69, 9.17) is 4.74 Å². The minimum atomic E-state index is -3.62. The van der Waals surface area contributed by atoms with Crippen LogP contribution in [0.1, 0.15) is 26.2 Å². The topological polar surface area (TPSA) is 75.7 Å². The summed E-state index contributed by atoms with van der Waals surface area (Å²) < 4.78 is 32.4. The Hall–Kier alpha value is -2.38. The molecule has 1 unspecified atom stereocenters. The molecule has 6 nitrogen and oxygen atoms in total. The van der Waals surface area contributed by atoms with Gasteiger partial charge in [0.25, 0.3) is 0 Å². The highest BCUT2D eigenvalue weighted by atomic mass is 32.2. The fourth-order valence-electron chi connectivity index (χ4n) is 3.23. The van der Waals surface area contributed by atoms with Gasteiger partial charge in [-0.15, -0.1) is 0 Å². The van der Waals surface area contributed by atoms with Crippen LogP contribution in [0.5, 0.6) is 5.75 Å². The number of hydrogen-bond acceptors (Lipinski definition) is 4. The number of amides is 1. The summed E-state index contributed by atoms with van der Waals surface area (Å²) in [5.74, 6) is 1.12. The van der Waals surface area contributed by atoms with Gasteiger partial charge in [-0.3, -0.25) is 4.79 Å². The molecule has 0 aromatic heterocycles. The highest BCUT2D eigenvalue weighted by Gasteiger charge is 2.35. The molecule has 2 aromatic carbocycles. The maximum absolute atomic E-state index is 13.0. The van der Waals surface area contributed by atoms with Crippen molar-refractivity contribution in [1.82, 2.24) is 4.72 Å². The van der Waals surface area contributed by atoms with Crippen molar-refractivity contribution in [3.05, 3.63) is 54.6 Å². The normalized spacial score (nSPS) is 15.1. The second kappa shape index (κ2) is 8.75. The van der Waals surface area contributed by atoms with Gasteiger partial charge in [-0.05, 0) is 62.1 Å². The lowest BCUT2D eigenvalue weighted by Crippen LogP contribution is -2.41. The van der Waals surface area contributed by atoms with E-state index in [0.717, 1.165) is 24.3 Å². The van der Waals surface area contributed by atoms with Crippen LogP contribution in [0.3, 0.4) is 0 Å². The number of carbonyl (C=O) groups is 1. The van der Waals surface area contributed by atoms with Crippen molar-refractivity contribution in [2.45, 2.75) is 37.1 Å². The van der Waals surface area contributed by atoms with Gasteiger partial charge in [-0.25, -0.2) is 13.1 Å². The second-order valence-electron chi connectivity index (χ2n) is 7.00. The van der Waals surface area contributed by atoms with Gasteiger partial charge in [0.1, 0.15) is 5.75 Å². The van der Waals surface area contributed by atoms with E-state index in [0.29, 0.717) is 5.92 Å². The average Bonchev–Trinajstić information content (AvgIpc) is 3.54. The van der Waals surface area contributed by atoms with Crippen LogP contribution in [0.25, 0.3) is 0 Å². The van der Waals surface area contributed by atoms with E-state index < -0.39 is 10.0 Å². The summed E-state index contributed by atoms with van der Waals surface area (Å²) in [6, 6.07) is 15.6. The number of nitrogens with zero attached hydrogens (tertiary/aromatic N) is 1. The molecule has 1 amide bonds. The summed E-state index contributed by atoms with van der Waals surface area (Å²) in [4.78, 5) is 14.9. The van der Waals surface area contributed by atoms with Crippen LogP contribution in [-0.4, -0.2) is 34.0 Å². The standard InChI is InChI=1S/C21H26N2O4S/c1-16(17-8-9-17)23(18-10-12-19(27-2)13-11-18)21(24)14-15-22-28(25,26)20-6-4-3-5-7-20/h3-7,10-13,16-17,22H,8-9,14-15H2,1-2H3. The van der Waals surface area contributed by atoms with Crippen LogP contribution in [-0.2, 0) is 14.8 Å². The molecular weight excluding hydrogens is 376 g/mol. The summed E-state index contributed by atoms with van der Waals surface area (Å²) in [6.45, 7) is 2.11. The minimum absolute atomic E-state index is 0.0557. The molecule has 2 aromatic rings. The zero-order chi connectivity index (χ0) is 20.1. The van der Waals surface area contributed by atoms with Crippen LogP contribution >= 0.6 is 0 Å². The van der Waals surface area contributed by atoms with Crippen molar-refractivity contribution in [2.24, 2.45) is 5.92 Å². The summed E-state index contributed by atoms with van der Waals surface area (Å²) in [7, 11) is -2.02. The molecule has 0 aliphatic heterocycles. The van der Waals surface area contributed by atoms with Crippen molar-refractivity contribution in [3.8, 4) is 5.75 Å². The molecule has 0 heterocycles. The smallest absolute Gasteiger partial charge is 0.240 e. The molecule has 1 aliphatic carbocycles. The molecule has 0 radical (unpaired) electrons. The highest BCUT2D eigenvalue weighted by Crippen LogP contribution is 2.37. The minimum Gasteiger partial charge on any atom is -0.497 e. The Morgan fingerprint density at radius 2 is 1.79 bits per heavy atom. The number of rotatable bonds is 9. The van der Waals surface area contributed by atoms with Crippen LogP contribution in [0.2, 0.25) is 0 Å². The predicted octanol–water partition coefficient (Wildman–Crippen LogP) is 3.20. The van der Waals surface area contributed by atoms with Gasteiger partial charge in [0.05, 0.1) is 12.0 Å². The highest BCUT2D eigenvalue weighted by molar-refractivity contribution is 7.89. The molecule has 3 rings (SSSR count). The predicted molar refractivity (Wildman–Crippen MR) is 109 cm³/mol. The molecule has 1 atom stereocenters. The van der Waals surface area contributed by atoms with Crippen molar-refractivity contribution in [1.29, 1.82) is 0 Å². The monoisotopic (exact) mass is 402 g/mol. The summed E-state index contributed by atoms with van der Waals surface area (Å²) in [5, 5.41) is 0. The summed E-state index contributed by atoms with van der Waals surface area (Å²) in [6.07, 6.45) is 2.32. The zero-order valence-corrected chi connectivity index (χ0v) is 17.0. The lowest BCUT2D eigenvalue weighted by atomic mass is 10.1. The largest absolute Gasteiger partial charge is 0.497 e. The van der Waals surface area contributed by atoms with Gasteiger partial charge < -0.3 is 9.64 Å². The Bertz CT molecular complexity index is 894. The Morgan fingerprint density at radius 1 is 1.14 bits per heavy atom. The fourth-order valence-corrected chi connectivity index (χ4v) is 4.29. The van der Waals surface area contributed by atoms with Gasteiger partial charge in [0.15, 0.2) is 0 Å². The van der Waals surface area contributed by atoms with Crippen molar-refractivity contribution >= 4 is 21.6 Å². The molecule has 7 heteroatoms. The van der Waals surface area contributed by atoms with Gasteiger partial charge in [-0.1, -0.05) is 18.2 Å². The van der Waals surface area contributed by atoms with E-state index in [1.165, 1.54) is 12.1 Å². The number of anilines is 1. The third-order valence-corrected chi connectivity index (χ3v) is 6.49. The van der Waals surface area contributed by atoms with Gasteiger partial charge in [0, 0.05) is 24.7 Å². The number of hydrogen-bond donors (Lipinski definition) is 1. The van der Waals surface area contributed by atoms with E-state index in [2.05, 4.69) is 4.72 Å². The first-order valence-electron chi connectivity index (χ1n) is 9.43. The summed E-state index contributed by atoms with van der Waals surface area (Å²) in [5.41, 5.74) is 0.802. The third-order valence-electron chi connectivity index (χ3n) is 5.02. The first-order chi connectivity index (χ1) is 13.4. The molecule has 0 bridgehead atoms. The van der Waals surface area contributed by atoms with Crippen LogP contribution in [0.15, 0.2) is 59.5 Å². The average molecular weight is 403 g/mol. The van der Waals surface area contributed by atoms with E-state index in [1.54, 1.807) is 30.2 Å². The number of nitrogens with one attached hydrogen (secondary N) is 1. The molecule has 1 aliphatic rings. The Morgan fingerprint density at radius 3 is 2.36 bits per heavy atom. The number of methoxy groups -OCH3 is 1. The maximum atomic E-state index is 13.0. The van der Waals surface area contributed by atoms with Gasteiger partial charge >= 0.3 is 0 Å². The van der Waals surface area contributed by atoms with Crippen molar-refractivity contribution < 1.29 is 17.9 Å². The quantitative estimate of drug-likeness (QED) is 0.699. The van der Waals surface area contributed by atoms with E-state index in [1.807, 2.05) is 31.2 Å². The van der Waals surface area contributed by atoms with Crippen LogP contribution < -0.4 is 14.4 Å². The molecule has 1 N–H and O–H groups in total. The lowest BCUT2D eigenvalue weighted by molar-refractivity contribution is -0.119. The lowest BCUT2D eigenvalue weighted by Gasteiger charge is -2.30. The van der Waals surface area contributed by atoms with Crippen molar-refractivity contribution in [3.63, 3.8) is 0 Å². The van der Waals surface area contributed by atoms with Crippen molar-refractivity contribution in [2.75, 3.05) is 18.6 Å². The molecule has 150 valence electrons. The Kier molecular flexibility index (Phi) is 6.36. The first-order valence-corrected chi connectivity index (χ1v) is 10.9. The fraction of sp³-hybridized carbons (Fsp3) is 0.381. The SMILES string of the molecule is COc1ccc(N(C(=O)CCNS(=O)(=O)c2ccccc2)C(C)C2CC2)cc1. The molecule has 1 saturated carbocycles. The number of sulfonamides is 1. The number of carbonyl (C=O) groups excluding carboxylic acids is 1. The van der Waals surface area contributed by atoms with Crippen LogP contribution in [0, 0.1) is 5.92 Å². The van der Waals surface area contributed by atoms with Gasteiger partial charge in [-0.2, -0.15) is 0 Å². The van der Waals surface area contributed by atoms with E-state index in [-0.39, 0.29) is 29.8 Å². The molecule has 28 heavy (non-hydrogen) atoms. The Balaban J connectivity index is 1.67. The molecule has 0 saturated heterocycles. The summed E-state index contributed by atoms with van der Waals surface area (Å²) >= 11 is 0. The van der Waals surface area contributed by atoms with Crippen LogP contribution in [0.4, 0.5) is 5.69 Å². The molecule has 1 fully saturated rings.